The van der Waals surface area contributed by atoms with E-state index in [1.54, 1.807) is 12.1 Å². The molecule has 1 aliphatic heterocycles. The summed E-state index contributed by atoms with van der Waals surface area (Å²) in [7, 11) is 1.96. The number of carboxylic acid groups (broad SMARTS) is 1. The summed E-state index contributed by atoms with van der Waals surface area (Å²) in [6.07, 6.45) is 8.29. The van der Waals surface area contributed by atoms with Crippen LogP contribution >= 0.6 is 0 Å². The highest BCUT2D eigenvalue weighted by atomic mass is 19.1. The van der Waals surface area contributed by atoms with Crippen molar-refractivity contribution in [2.75, 3.05) is 26.7 Å². The minimum absolute atomic E-state index is 0.0506. The number of carboxylic acids is 1. The number of rotatable bonds is 10. The van der Waals surface area contributed by atoms with Crippen molar-refractivity contribution in [3.8, 4) is 0 Å². The van der Waals surface area contributed by atoms with Gasteiger partial charge >= 0.3 is 5.97 Å². The van der Waals surface area contributed by atoms with Gasteiger partial charge < -0.3 is 10.0 Å². The van der Waals surface area contributed by atoms with Gasteiger partial charge in [0.2, 0.25) is 0 Å². The number of carbonyl (C=O) groups is 1. The number of likely N-dealkylation sites (tertiary alicyclic amines) is 1. The molecule has 1 spiro atoms. The van der Waals surface area contributed by atoms with Crippen LogP contribution in [0.5, 0.6) is 0 Å². The first-order chi connectivity index (χ1) is 19.2. The van der Waals surface area contributed by atoms with Crippen molar-refractivity contribution in [2.24, 2.45) is 11.8 Å². The predicted molar refractivity (Wildman–Crippen MR) is 157 cm³/mol. The number of aromatic nitrogens is 2. The molecule has 1 unspecified atom stereocenters. The van der Waals surface area contributed by atoms with Crippen LogP contribution in [0.2, 0.25) is 0 Å². The van der Waals surface area contributed by atoms with Crippen molar-refractivity contribution in [1.29, 1.82) is 0 Å². The zero-order valence-electron chi connectivity index (χ0n) is 25.2. The van der Waals surface area contributed by atoms with Gasteiger partial charge in [0, 0.05) is 30.2 Å². The molecule has 3 aliphatic rings. The Labute approximate surface area is 239 Å². The van der Waals surface area contributed by atoms with Gasteiger partial charge in [0.15, 0.2) is 0 Å². The number of fused-ring (bicyclic) bond motifs is 2. The molecule has 1 aromatic heterocycles. The maximum atomic E-state index is 14.3. The van der Waals surface area contributed by atoms with Crippen LogP contribution in [-0.2, 0) is 29.6 Å². The monoisotopic (exact) mass is 552 g/mol. The number of hydrogen-bond acceptors (Lipinski definition) is 4. The zero-order valence-corrected chi connectivity index (χ0v) is 25.2. The van der Waals surface area contributed by atoms with Crippen LogP contribution in [0.4, 0.5) is 4.39 Å². The fourth-order valence-corrected chi connectivity index (χ4v) is 8.43. The zero-order chi connectivity index (χ0) is 28.6. The number of nitrogens with zero attached hydrogens (tertiary/aromatic N) is 4. The Kier molecular flexibility index (Phi) is 8.72. The van der Waals surface area contributed by atoms with Gasteiger partial charge in [0.05, 0.1) is 5.69 Å². The fourth-order valence-electron chi connectivity index (χ4n) is 8.43. The van der Waals surface area contributed by atoms with Crippen LogP contribution in [-0.4, -0.2) is 69.4 Å². The van der Waals surface area contributed by atoms with Crippen molar-refractivity contribution >= 4 is 5.97 Å². The number of halogens is 1. The summed E-state index contributed by atoms with van der Waals surface area (Å²) in [6.45, 7) is 12.6. The average Bonchev–Trinajstić information content (AvgIpc) is 3.63. The minimum atomic E-state index is -0.734. The Morgan fingerprint density at radius 2 is 1.95 bits per heavy atom. The Bertz CT molecular complexity index is 1190. The molecule has 7 heteroatoms. The van der Waals surface area contributed by atoms with Crippen LogP contribution in [0, 0.1) is 17.7 Å². The van der Waals surface area contributed by atoms with E-state index in [4.69, 9.17) is 5.10 Å². The molecule has 0 bridgehead atoms. The summed E-state index contributed by atoms with van der Waals surface area (Å²) in [4.78, 5) is 17.2. The van der Waals surface area contributed by atoms with Gasteiger partial charge in [-0.3, -0.25) is 14.4 Å². The van der Waals surface area contributed by atoms with Crippen LogP contribution < -0.4 is 0 Å². The SMILES string of the molecule is CCc1nn(CC)c2c1CCC21CCN(C[C@H]2C[C@H]([C@@H](C(=O)O)N(C)C(C)CC)C[C@@H]2c2cccc(F)c2)CC1. The van der Waals surface area contributed by atoms with Gasteiger partial charge in [-0.05, 0) is 126 Å². The molecule has 2 fully saturated rings. The molecule has 5 atom stereocenters. The molecule has 1 saturated heterocycles. The van der Waals surface area contributed by atoms with Crippen LogP contribution in [0.3, 0.4) is 0 Å². The first-order valence-electron chi connectivity index (χ1n) is 15.7. The smallest absolute Gasteiger partial charge is 0.321 e. The predicted octanol–water partition coefficient (Wildman–Crippen LogP) is 5.88. The molecule has 2 heterocycles. The maximum absolute atomic E-state index is 14.3. The third-order valence-electron chi connectivity index (χ3n) is 10.9. The molecule has 2 aromatic rings. The molecule has 220 valence electrons. The second-order valence-corrected chi connectivity index (χ2v) is 12.9. The molecule has 1 saturated carbocycles. The summed E-state index contributed by atoms with van der Waals surface area (Å²) in [5.41, 5.74) is 5.60. The Morgan fingerprint density at radius 1 is 1.20 bits per heavy atom. The van der Waals surface area contributed by atoms with Crippen molar-refractivity contribution in [3.05, 3.63) is 52.6 Å². The Morgan fingerprint density at radius 3 is 2.58 bits per heavy atom. The second-order valence-electron chi connectivity index (χ2n) is 12.9. The van der Waals surface area contributed by atoms with E-state index in [-0.39, 0.29) is 29.1 Å². The highest BCUT2D eigenvalue weighted by molar-refractivity contribution is 5.74. The van der Waals surface area contributed by atoms with Gasteiger partial charge in [0.1, 0.15) is 11.9 Å². The van der Waals surface area contributed by atoms with E-state index in [0.717, 1.165) is 76.7 Å². The lowest BCUT2D eigenvalue weighted by molar-refractivity contribution is -0.146. The number of aliphatic carboxylic acids is 1. The fraction of sp³-hybridized carbons (Fsp3) is 0.697. The number of hydrogen-bond donors (Lipinski definition) is 1. The second kappa shape index (κ2) is 11.9. The largest absolute Gasteiger partial charge is 0.480 e. The first kappa shape index (κ1) is 29.2. The van der Waals surface area contributed by atoms with E-state index in [0.29, 0.717) is 5.92 Å². The summed E-state index contributed by atoms with van der Waals surface area (Å²) in [6, 6.07) is 6.72. The maximum Gasteiger partial charge on any atom is 0.321 e. The molecule has 6 nitrogen and oxygen atoms in total. The highest BCUT2D eigenvalue weighted by Gasteiger charge is 2.47. The first-order valence-corrected chi connectivity index (χ1v) is 15.7. The van der Waals surface area contributed by atoms with E-state index < -0.39 is 12.0 Å². The Hall–Kier alpha value is -2.25. The normalized spacial score (nSPS) is 25.9. The average molecular weight is 553 g/mol. The molecule has 1 aromatic carbocycles. The Balaban J connectivity index is 1.34. The van der Waals surface area contributed by atoms with E-state index in [9.17, 15) is 14.3 Å². The third kappa shape index (κ3) is 5.36. The van der Waals surface area contributed by atoms with Gasteiger partial charge in [-0.1, -0.05) is 26.0 Å². The van der Waals surface area contributed by atoms with Crippen molar-refractivity contribution in [3.63, 3.8) is 0 Å². The number of aryl methyl sites for hydroxylation is 2. The number of piperidine rings is 1. The lowest BCUT2D eigenvalue weighted by Gasteiger charge is -2.41. The van der Waals surface area contributed by atoms with Crippen molar-refractivity contribution in [1.82, 2.24) is 19.6 Å². The van der Waals surface area contributed by atoms with Gasteiger partial charge in [-0.2, -0.15) is 5.10 Å². The van der Waals surface area contributed by atoms with E-state index in [1.807, 2.05) is 13.1 Å². The summed E-state index contributed by atoms with van der Waals surface area (Å²) >= 11 is 0. The summed E-state index contributed by atoms with van der Waals surface area (Å²) in [5.74, 6) is -0.394. The van der Waals surface area contributed by atoms with Crippen LogP contribution in [0.25, 0.3) is 0 Å². The quantitative estimate of drug-likeness (QED) is 0.399. The lowest BCUT2D eigenvalue weighted by atomic mass is 9.75. The molecule has 1 N–H and O–H groups in total. The molecule has 0 radical (unpaired) electrons. The van der Waals surface area contributed by atoms with E-state index in [2.05, 4.69) is 42.2 Å². The van der Waals surface area contributed by atoms with E-state index >= 15 is 0 Å². The standard InChI is InChI=1S/C33H49FN4O2/c1-6-22(4)36(5)30(32(39)40)24-18-25(28(20-24)23-10-9-11-26(34)19-23)21-37-16-14-33(15-17-37)13-12-27-29(7-2)35-38(8-3)31(27)33/h9-11,19,22,24-25,28,30H,6-8,12-18,20-21H2,1-5H3,(H,39,40)/t22?,24-,25+,28+,30-/m0/s1. The lowest BCUT2D eigenvalue weighted by Crippen LogP contribution is -2.47. The highest BCUT2D eigenvalue weighted by Crippen LogP contribution is 2.49. The summed E-state index contributed by atoms with van der Waals surface area (Å²) in [5, 5.41) is 15.3. The van der Waals surface area contributed by atoms with E-state index in [1.165, 1.54) is 29.4 Å². The van der Waals surface area contributed by atoms with Crippen LogP contribution in [0.15, 0.2) is 24.3 Å². The van der Waals surface area contributed by atoms with Gasteiger partial charge in [0.25, 0.3) is 0 Å². The molecule has 0 amide bonds. The number of likely N-dealkylation sites (N-methyl/N-ethyl adjacent to an activating group) is 1. The molecular weight excluding hydrogens is 503 g/mol. The molecule has 2 aliphatic carbocycles. The van der Waals surface area contributed by atoms with Crippen molar-refractivity contribution < 1.29 is 14.3 Å². The summed E-state index contributed by atoms with van der Waals surface area (Å²) < 4.78 is 16.6. The third-order valence-corrected chi connectivity index (χ3v) is 10.9. The topological polar surface area (TPSA) is 61.6 Å². The van der Waals surface area contributed by atoms with Gasteiger partial charge in [-0.25, -0.2) is 4.39 Å². The van der Waals surface area contributed by atoms with Crippen LogP contribution in [0.1, 0.15) is 94.7 Å². The number of benzene rings is 1. The molecule has 40 heavy (non-hydrogen) atoms. The van der Waals surface area contributed by atoms with Crippen molar-refractivity contribution in [2.45, 2.75) is 109 Å². The molecular formula is C33H49FN4O2. The molecule has 5 rings (SSSR count). The minimum Gasteiger partial charge on any atom is -0.480 e. The van der Waals surface area contributed by atoms with Gasteiger partial charge in [-0.15, -0.1) is 0 Å².